The zero-order valence-electron chi connectivity index (χ0n) is 20.7. The van der Waals surface area contributed by atoms with Gasteiger partial charge in [-0.05, 0) is 63.6 Å². The monoisotopic (exact) mass is 621 g/mol. The van der Waals surface area contributed by atoms with Crippen LogP contribution in [0.1, 0.15) is 58.1 Å². The number of hydrogen-bond donors (Lipinski definition) is 3. The molecule has 0 spiro atoms. The van der Waals surface area contributed by atoms with Gasteiger partial charge < -0.3 is 20.5 Å². The number of alkyl halides is 2. The third kappa shape index (κ3) is 8.10. The predicted molar refractivity (Wildman–Crippen MR) is 145 cm³/mol. The minimum atomic E-state index is -0.545. The first-order chi connectivity index (χ1) is 16.4. The van der Waals surface area contributed by atoms with Gasteiger partial charge in [0.05, 0.1) is 17.9 Å². The molecule has 1 aromatic heterocycles. The van der Waals surface area contributed by atoms with Crippen LogP contribution in [0.5, 0.6) is 0 Å². The molecule has 10 heteroatoms. The van der Waals surface area contributed by atoms with Crippen molar-refractivity contribution in [1.29, 1.82) is 0 Å². The van der Waals surface area contributed by atoms with Crippen LogP contribution in [-0.4, -0.2) is 43.5 Å². The van der Waals surface area contributed by atoms with Crippen LogP contribution >= 0.6 is 34.2 Å². The minimum Gasteiger partial charge on any atom is -0.328 e. The van der Waals surface area contributed by atoms with Gasteiger partial charge in [0.25, 0.3) is 0 Å². The van der Waals surface area contributed by atoms with Crippen LogP contribution in [0.3, 0.4) is 0 Å². The number of aromatic nitrogens is 2. The maximum atomic E-state index is 14.3. The van der Waals surface area contributed by atoms with Crippen molar-refractivity contribution in [3.63, 3.8) is 0 Å². The van der Waals surface area contributed by atoms with E-state index < -0.39 is 17.7 Å². The number of aryl methyl sites for hydroxylation is 1. The van der Waals surface area contributed by atoms with Crippen LogP contribution in [0, 0.1) is 11.6 Å². The molecule has 0 radical (unpaired) electrons. The summed E-state index contributed by atoms with van der Waals surface area (Å²) in [6.07, 6.45) is 6.73. The molecule has 1 heterocycles. The lowest BCUT2D eigenvalue weighted by Gasteiger charge is -2.29. The number of imidazole rings is 1. The lowest BCUT2D eigenvalue weighted by molar-refractivity contribution is -0.118. The summed E-state index contributed by atoms with van der Waals surface area (Å²) in [6.45, 7) is 9.48. The molecule has 0 saturated heterocycles. The van der Waals surface area contributed by atoms with E-state index in [4.69, 9.17) is 11.6 Å². The van der Waals surface area contributed by atoms with E-state index in [1.807, 2.05) is 24.6 Å². The van der Waals surface area contributed by atoms with Crippen LogP contribution in [-0.2, 0) is 23.2 Å². The summed E-state index contributed by atoms with van der Waals surface area (Å²) in [4.78, 5) is 17.5. The van der Waals surface area contributed by atoms with Crippen LogP contribution in [0.2, 0.25) is 0 Å². The fourth-order valence-corrected chi connectivity index (χ4v) is 4.77. The topological polar surface area (TPSA) is 71.0 Å². The van der Waals surface area contributed by atoms with E-state index in [1.54, 1.807) is 6.33 Å². The lowest BCUT2D eigenvalue weighted by atomic mass is 9.87. The quantitative estimate of drug-likeness (QED) is 0.240. The largest absolute Gasteiger partial charge is 0.328 e. The van der Waals surface area contributed by atoms with Crippen molar-refractivity contribution in [2.75, 3.05) is 18.4 Å². The summed E-state index contributed by atoms with van der Waals surface area (Å²) in [5.41, 5.74) is 0.987. The van der Waals surface area contributed by atoms with Crippen molar-refractivity contribution in [1.82, 2.24) is 20.2 Å². The number of halogens is 4. The van der Waals surface area contributed by atoms with Crippen molar-refractivity contribution >= 4 is 45.9 Å². The molecule has 1 amide bonds. The van der Waals surface area contributed by atoms with Gasteiger partial charge in [-0.1, -0.05) is 35.9 Å². The molecule has 2 aromatic rings. The molecule has 3 rings (SSSR count). The van der Waals surface area contributed by atoms with Gasteiger partial charge in [-0.25, -0.2) is 13.8 Å². The Morgan fingerprint density at radius 2 is 2.06 bits per heavy atom. The Morgan fingerprint density at radius 1 is 1.31 bits per heavy atom. The highest BCUT2D eigenvalue weighted by molar-refractivity contribution is 14.1. The average molecular weight is 622 g/mol. The number of benzene rings is 1. The molecular formula is C25H35ClF2IN5O. The molecule has 35 heavy (non-hydrogen) atoms. The molecule has 0 aliphatic heterocycles. The molecule has 0 saturated carbocycles. The first-order valence-corrected chi connectivity index (χ1v) is 13.5. The van der Waals surface area contributed by atoms with Crippen molar-refractivity contribution in [2.45, 2.75) is 80.3 Å². The minimum absolute atomic E-state index is 0.0575. The molecule has 1 aliphatic rings. The number of hydrogen-bond acceptors (Lipinski definition) is 4. The number of rotatable bonds is 11. The summed E-state index contributed by atoms with van der Waals surface area (Å²) < 4.78 is 29.5. The van der Waals surface area contributed by atoms with Gasteiger partial charge in [0.2, 0.25) is 5.91 Å². The van der Waals surface area contributed by atoms with Gasteiger partial charge in [-0.15, -0.1) is 11.6 Å². The highest BCUT2D eigenvalue weighted by atomic mass is 127. The number of carbonyl (C=O) groups is 1. The molecule has 0 fully saturated rings. The summed E-state index contributed by atoms with van der Waals surface area (Å²) in [5, 5.41) is 9.71. The zero-order chi connectivity index (χ0) is 25.8. The van der Waals surface area contributed by atoms with Gasteiger partial charge in [-0.3, -0.25) is 4.79 Å². The summed E-state index contributed by atoms with van der Waals surface area (Å²) in [7, 11) is 0. The molecule has 3 N–H and O–H groups in total. The second-order valence-electron chi connectivity index (χ2n) is 10.1. The maximum Gasteiger partial charge on any atom is 0.242 e. The highest BCUT2D eigenvalue weighted by Crippen LogP contribution is 2.26. The third-order valence-corrected chi connectivity index (χ3v) is 6.84. The summed E-state index contributed by atoms with van der Waals surface area (Å²) >= 11 is 8.44. The molecule has 1 aromatic carbocycles. The van der Waals surface area contributed by atoms with E-state index in [2.05, 4.69) is 57.4 Å². The maximum absolute atomic E-state index is 14.3. The fourth-order valence-electron chi connectivity index (χ4n) is 4.40. The first kappa shape index (κ1) is 28.3. The Kier molecular flexibility index (Phi) is 9.56. The number of fused-ring (bicyclic) bond motifs is 1. The Hall–Kier alpha value is -1.30. The van der Waals surface area contributed by atoms with E-state index in [0.29, 0.717) is 49.3 Å². The Labute approximate surface area is 225 Å². The Morgan fingerprint density at radius 3 is 2.74 bits per heavy atom. The Balaban J connectivity index is 1.61. The number of nitrogens with one attached hydrogen (secondary N) is 3. The predicted octanol–water partition coefficient (Wildman–Crippen LogP) is 5.13. The van der Waals surface area contributed by atoms with E-state index in [9.17, 15) is 13.6 Å². The molecule has 3 atom stereocenters. The van der Waals surface area contributed by atoms with Gasteiger partial charge in [-0.2, -0.15) is 0 Å². The van der Waals surface area contributed by atoms with Gasteiger partial charge >= 0.3 is 0 Å². The number of amides is 1. The molecule has 1 aliphatic carbocycles. The summed E-state index contributed by atoms with van der Waals surface area (Å²) in [5.74, 6) is -0.740. The van der Waals surface area contributed by atoms with Crippen molar-refractivity contribution in [3.8, 4) is 0 Å². The Bertz CT molecular complexity index is 1020. The van der Waals surface area contributed by atoms with Gasteiger partial charge in [0, 0.05) is 31.4 Å². The van der Waals surface area contributed by atoms with Crippen LogP contribution in [0.4, 0.5) is 14.6 Å². The first-order valence-electron chi connectivity index (χ1n) is 12.0. The number of nitrogens with zero attached hydrogens (tertiary/aromatic N) is 2. The standard InChI is InChI=1S/C25H35ClF2IN5O/c1-5-6-21(32-18-8-7-16-9-17(27)10-20(28)19(16)11-18)23(35)33-22-12-34(15-31-22)24(2,3)13-30-14-25(4,26)29/h9-10,12,15,18,21,30,32H,5-8,11,13-14H2,1-4H3,(H,33,35)/t18-,21-,25?/m0/s1. The second kappa shape index (κ2) is 11.8. The van der Waals surface area contributed by atoms with Crippen LogP contribution in [0.15, 0.2) is 24.7 Å². The van der Waals surface area contributed by atoms with Crippen LogP contribution < -0.4 is 16.0 Å². The van der Waals surface area contributed by atoms with Crippen LogP contribution in [0.25, 0.3) is 0 Å². The zero-order valence-corrected chi connectivity index (χ0v) is 23.6. The van der Waals surface area contributed by atoms with E-state index in [-0.39, 0.29) is 20.4 Å². The molecule has 194 valence electrons. The SMILES string of the molecule is CCC[C@H](N[C@H]1CCc2cc(F)cc(F)c2C1)C(=O)Nc1cn(C(C)(C)CNCC(C)(Cl)I)cn1. The molecular weight excluding hydrogens is 587 g/mol. The average Bonchev–Trinajstić information content (AvgIpc) is 3.22. The normalized spacial score (nSPS) is 18.6. The van der Waals surface area contributed by atoms with Gasteiger partial charge in [0.15, 0.2) is 5.82 Å². The molecule has 6 nitrogen and oxygen atoms in total. The fraction of sp³-hybridized carbons (Fsp3) is 0.600. The number of anilines is 1. The summed E-state index contributed by atoms with van der Waals surface area (Å²) in [6, 6.07) is 1.85. The molecule has 0 bridgehead atoms. The van der Waals surface area contributed by atoms with Crippen molar-refractivity contribution in [2.24, 2.45) is 0 Å². The van der Waals surface area contributed by atoms with E-state index in [1.165, 1.54) is 6.07 Å². The molecule has 1 unspecified atom stereocenters. The highest BCUT2D eigenvalue weighted by Gasteiger charge is 2.28. The lowest BCUT2D eigenvalue weighted by Crippen LogP contribution is -2.48. The van der Waals surface area contributed by atoms with Crippen molar-refractivity contribution < 1.29 is 13.6 Å². The van der Waals surface area contributed by atoms with Gasteiger partial charge in [0.1, 0.15) is 14.5 Å². The van der Waals surface area contributed by atoms with Crippen molar-refractivity contribution in [3.05, 3.63) is 47.4 Å². The second-order valence-corrected chi connectivity index (χ2v) is 14.0. The van der Waals surface area contributed by atoms with E-state index in [0.717, 1.165) is 18.9 Å². The van der Waals surface area contributed by atoms with E-state index >= 15 is 0 Å². The third-order valence-electron chi connectivity index (χ3n) is 6.32. The number of carbonyl (C=O) groups excluding carboxylic acids is 1. The smallest absolute Gasteiger partial charge is 0.242 e.